The van der Waals surface area contributed by atoms with Crippen molar-refractivity contribution in [2.75, 3.05) is 11.9 Å². The Labute approximate surface area is 207 Å². The summed E-state index contributed by atoms with van der Waals surface area (Å²) in [6, 6.07) is 8.91. The number of carbonyl (C=O) groups excluding carboxylic acids is 4. The molecule has 2 aromatic rings. The monoisotopic (exact) mass is 490 g/mol. The Morgan fingerprint density at radius 3 is 2.81 bits per heavy atom. The molecule has 7 atom stereocenters. The van der Waals surface area contributed by atoms with Gasteiger partial charge in [-0.2, -0.15) is 0 Å². The molecule has 1 aromatic carbocycles. The van der Waals surface area contributed by atoms with E-state index in [1.54, 1.807) is 48.2 Å². The van der Waals surface area contributed by atoms with Gasteiger partial charge in [0.2, 0.25) is 11.8 Å². The zero-order valence-electron chi connectivity index (χ0n) is 19.9. The fraction of sp³-hybridized carbons (Fsp3) is 0.407. The van der Waals surface area contributed by atoms with Crippen molar-refractivity contribution in [2.24, 2.45) is 17.8 Å². The molecule has 4 aliphatic rings. The number of benzene rings is 1. The lowest BCUT2D eigenvalue weighted by molar-refractivity contribution is -0.147. The maximum absolute atomic E-state index is 14.0. The summed E-state index contributed by atoms with van der Waals surface area (Å²) in [6.07, 6.45) is 4.78. The molecule has 1 aromatic heterocycles. The molecular formula is C27H26N2O7. The number of fused-ring (bicyclic) bond motifs is 2. The number of nitrogens with zero attached hydrogens (tertiary/aromatic N) is 1. The average Bonchev–Trinajstić information content (AvgIpc) is 3.64. The number of hydrogen-bond donors (Lipinski definition) is 1. The molecule has 36 heavy (non-hydrogen) atoms. The minimum atomic E-state index is -1.06. The lowest BCUT2D eigenvalue weighted by Gasteiger charge is -2.43. The average molecular weight is 491 g/mol. The Morgan fingerprint density at radius 2 is 2.06 bits per heavy atom. The van der Waals surface area contributed by atoms with Crippen LogP contribution >= 0.6 is 0 Å². The lowest BCUT2D eigenvalue weighted by atomic mass is 9.70. The van der Waals surface area contributed by atoms with Crippen molar-refractivity contribution in [3.05, 3.63) is 66.1 Å². The van der Waals surface area contributed by atoms with Gasteiger partial charge < -0.3 is 24.1 Å². The second-order valence-electron chi connectivity index (χ2n) is 9.77. The van der Waals surface area contributed by atoms with Crippen LogP contribution < -0.4 is 5.32 Å². The second kappa shape index (κ2) is 8.16. The number of piperidine rings is 1. The molecule has 4 aliphatic heterocycles. The van der Waals surface area contributed by atoms with Gasteiger partial charge >= 0.3 is 5.97 Å². The number of esters is 1. The number of carbonyl (C=O) groups is 4. The van der Waals surface area contributed by atoms with E-state index in [-0.39, 0.29) is 30.6 Å². The molecule has 9 heteroatoms. The van der Waals surface area contributed by atoms with E-state index in [2.05, 4.69) is 5.32 Å². The molecule has 5 unspecified atom stereocenters. The van der Waals surface area contributed by atoms with Crippen LogP contribution in [0, 0.1) is 17.8 Å². The molecule has 3 saturated heterocycles. The van der Waals surface area contributed by atoms with Gasteiger partial charge in [-0.1, -0.05) is 25.1 Å². The predicted octanol–water partition coefficient (Wildman–Crippen LogP) is 2.90. The number of ether oxygens (including phenoxy) is 2. The summed E-state index contributed by atoms with van der Waals surface area (Å²) in [4.78, 5) is 54.4. The highest BCUT2D eigenvalue weighted by Crippen LogP contribution is 2.60. The van der Waals surface area contributed by atoms with Crippen molar-refractivity contribution in [2.45, 2.75) is 44.1 Å². The Balaban J connectivity index is 1.32. The number of rotatable bonds is 5. The van der Waals surface area contributed by atoms with Crippen LogP contribution in [0.15, 0.2) is 59.2 Å². The van der Waals surface area contributed by atoms with Gasteiger partial charge in [0.1, 0.15) is 17.1 Å². The molecule has 1 N–H and O–H groups in total. The molecule has 9 nitrogen and oxygen atoms in total. The Kier molecular flexibility index (Phi) is 5.15. The first-order valence-electron chi connectivity index (χ1n) is 12.2. The number of hydrogen-bond acceptors (Lipinski definition) is 7. The zero-order chi connectivity index (χ0) is 25.2. The minimum Gasteiger partial charge on any atom is -0.467 e. The van der Waals surface area contributed by atoms with Gasteiger partial charge in [-0.25, -0.2) is 4.79 Å². The number of nitrogens with one attached hydrogen (secondary N) is 1. The third kappa shape index (κ3) is 3.12. The van der Waals surface area contributed by atoms with Crippen LogP contribution in [0.1, 0.15) is 42.4 Å². The summed E-state index contributed by atoms with van der Waals surface area (Å²) in [5.41, 5.74) is -0.318. The van der Waals surface area contributed by atoms with Gasteiger partial charge in [-0.05, 0) is 37.3 Å². The van der Waals surface area contributed by atoms with E-state index < -0.39 is 47.5 Å². The number of amides is 2. The van der Waals surface area contributed by atoms with Crippen LogP contribution in [0.2, 0.25) is 0 Å². The van der Waals surface area contributed by atoms with Gasteiger partial charge in [0.15, 0.2) is 0 Å². The van der Waals surface area contributed by atoms with E-state index >= 15 is 0 Å². The quantitative estimate of drug-likeness (QED) is 0.506. The standard InChI is InChI=1S/C27H26N2O7/c1-3-34-26(33)15-6-4-7-16(12-15)28-24(31)21-20-9-10-27(36-20)22(21)25(32)29-17(19-8-5-11-35-19)13-18(30)14(2)23(27)29/h4-12,14,17,20-23H,3,13H2,1-2H3,(H,28,31)/t14?,17?,20-,21?,22?,23?,27+/m1/s1. The fourth-order valence-electron chi connectivity index (χ4n) is 6.43. The molecule has 6 rings (SSSR count). The van der Waals surface area contributed by atoms with Crippen LogP contribution in [-0.2, 0) is 23.9 Å². The highest BCUT2D eigenvalue weighted by atomic mass is 16.5. The van der Waals surface area contributed by atoms with Gasteiger partial charge in [0.05, 0.1) is 48.5 Å². The summed E-state index contributed by atoms with van der Waals surface area (Å²) >= 11 is 0. The van der Waals surface area contributed by atoms with Gasteiger partial charge in [0.25, 0.3) is 0 Å². The summed E-state index contributed by atoms with van der Waals surface area (Å²) < 4.78 is 17.0. The van der Waals surface area contributed by atoms with Crippen molar-refractivity contribution in [1.29, 1.82) is 0 Å². The zero-order valence-corrected chi connectivity index (χ0v) is 19.9. The van der Waals surface area contributed by atoms with Gasteiger partial charge in [-0.3, -0.25) is 14.4 Å². The van der Waals surface area contributed by atoms with E-state index in [9.17, 15) is 19.2 Å². The van der Waals surface area contributed by atoms with E-state index in [0.29, 0.717) is 17.0 Å². The van der Waals surface area contributed by atoms with Crippen molar-refractivity contribution < 1.29 is 33.1 Å². The van der Waals surface area contributed by atoms with Crippen molar-refractivity contribution in [1.82, 2.24) is 4.90 Å². The summed E-state index contributed by atoms with van der Waals surface area (Å²) in [5, 5.41) is 2.86. The van der Waals surface area contributed by atoms with E-state index in [4.69, 9.17) is 13.9 Å². The lowest BCUT2D eigenvalue weighted by Crippen LogP contribution is -2.55. The highest BCUT2D eigenvalue weighted by molar-refractivity contribution is 6.01. The Hall–Kier alpha value is -3.72. The minimum absolute atomic E-state index is 0.0320. The highest BCUT2D eigenvalue weighted by Gasteiger charge is 2.74. The molecule has 186 valence electrons. The predicted molar refractivity (Wildman–Crippen MR) is 126 cm³/mol. The van der Waals surface area contributed by atoms with Crippen LogP contribution in [0.5, 0.6) is 0 Å². The Morgan fingerprint density at radius 1 is 1.22 bits per heavy atom. The van der Waals surface area contributed by atoms with Crippen molar-refractivity contribution >= 4 is 29.3 Å². The second-order valence-corrected chi connectivity index (χ2v) is 9.77. The molecule has 3 fully saturated rings. The third-order valence-electron chi connectivity index (χ3n) is 7.90. The Bertz CT molecular complexity index is 1280. The number of Topliss-reactive ketones (excluding diaryl/α,β-unsaturated/α-hetero) is 1. The van der Waals surface area contributed by atoms with Crippen LogP contribution in [-0.4, -0.2) is 52.8 Å². The fourth-order valence-corrected chi connectivity index (χ4v) is 6.43. The first-order valence-corrected chi connectivity index (χ1v) is 12.2. The smallest absolute Gasteiger partial charge is 0.338 e. The summed E-state index contributed by atoms with van der Waals surface area (Å²) in [5.74, 6) is -2.49. The number of ketones is 1. The first kappa shape index (κ1) is 22.7. The summed E-state index contributed by atoms with van der Waals surface area (Å²) in [7, 11) is 0. The summed E-state index contributed by atoms with van der Waals surface area (Å²) in [6.45, 7) is 3.78. The number of furan rings is 1. The van der Waals surface area contributed by atoms with Gasteiger partial charge in [-0.15, -0.1) is 0 Å². The van der Waals surface area contributed by atoms with Crippen LogP contribution in [0.3, 0.4) is 0 Å². The molecule has 0 aliphatic carbocycles. The van der Waals surface area contributed by atoms with Crippen LogP contribution in [0.25, 0.3) is 0 Å². The first-order chi connectivity index (χ1) is 17.4. The van der Waals surface area contributed by atoms with E-state index in [0.717, 1.165) is 0 Å². The molecule has 0 saturated carbocycles. The maximum atomic E-state index is 14.0. The van der Waals surface area contributed by atoms with E-state index in [1.165, 1.54) is 6.26 Å². The van der Waals surface area contributed by atoms with E-state index in [1.807, 2.05) is 19.1 Å². The topological polar surface area (TPSA) is 115 Å². The molecule has 2 bridgehead atoms. The third-order valence-corrected chi connectivity index (χ3v) is 7.90. The molecular weight excluding hydrogens is 464 g/mol. The number of anilines is 1. The SMILES string of the molecule is CCOC(=O)c1cccc(NC(=O)C2C3C(=O)N4C(c5ccco5)CC(=O)C(C)C4[C@]34C=C[C@H]2O4)c1. The van der Waals surface area contributed by atoms with Crippen LogP contribution in [0.4, 0.5) is 5.69 Å². The normalized spacial score (nSPS) is 34.0. The largest absolute Gasteiger partial charge is 0.467 e. The molecule has 1 spiro atoms. The van der Waals surface area contributed by atoms with Gasteiger partial charge in [0, 0.05) is 18.0 Å². The molecule has 0 radical (unpaired) electrons. The molecule has 5 heterocycles. The maximum Gasteiger partial charge on any atom is 0.338 e. The molecule has 2 amide bonds. The van der Waals surface area contributed by atoms with Crippen molar-refractivity contribution in [3.63, 3.8) is 0 Å². The van der Waals surface area contributed by atoms with Crippen molar-refractivity contribution in [3.8, 4) is 0 Å².